The molecule has 97 heavy (non-hydrogen) atoms. The van der Waals surface area contributed by atoms with Crippen LogP contribution in [0.3, 0.4) is 0 Å². The number of phenolic OH excluding ortho intramolecular Hbond substituents is 2. The number of aromatic hydroxyl groups is 2. The van der Waals surface area contributed by atoms with Gasteiger partial charge in [-0.3, -0.25) is 67.1 Å². The number of carboxylic acid groups (broad SMARTS) is 3. The van der Waals surface area contributed by atoms with Crippen LogP contribution in [0.15, 0.2) is 103 Å². The van der Waals surface area contributed by atoms with Crippen molar-refractivity contribution in [1.29, 1.82) is 0 Å². The Labute approximate surface area is 563 Å². The standard InChI is InChI=1S/C64H73N11O20S2/c1-30(2)55(75-63(94)47(29-97)68-48(79)22-36-13-12-35-11-10-33-4-3-5-34-14-19-39(36)54(35)53(33)34)64(95)72-44(25-52(85)86)61(92)69-40(20-31-6-15-37(77)16-7-31)58(89)71-42(23-50(81)82)57(88)66-26-49(80)67-43(24-51(83)84)60(91)73-45(27-76)62(93)70-41(21-32-8-17-38(78)18-9-32)59(90)74-46(28-96)56(65)87/h3-19,30,40-47,55,76-78,96-97H,20-29H2,1-2H3,(H2,65,87)(H,66,88)(H,67,80)(H,68,79)(H,69,92)(H,70,93)(H,71,89)(H,72,95)(H,73,91)(H,74,90)(H,75,94)(H,81,82)(H,83,84)(H,85,86)/t40-,41-,42-,43-,44-,45-,46-,47-,55-/m0/s1. The molecule has 9 atom stereocenters. The third-order valence-corrected chi connectivity index (χ3v) is 15.9. The monoisotopic (exact) mass is 1380 g/mol. The Kier molecular flexibility index (Phi) is 27.2. The summed E-state index contributed by atoms with van der Waals surface area (Å²) in [4.78, 5) is 185. The van der Waals surface area contributed by atoms with Crippen LogP contribution in [0.25, 0.3) is 32.3 Å². The minimum atomic E-state index is -2.10. The maximum atomic E-state index is 14.2. The lowest BCUT2D eigenvalue weighted by molar-refractivity contribution is -0.142. The van der Waals surface area contributed by atoms with Gasteiger partial charge in [-0.1, -0.05) is 92.7 Å². The summed E-state index contributed by atoms with van der Waals surface area (Å²) in [6, 6.07) is 12.3. The van der Waals surface area contributed by atoms with E-state index < -0.39 is 182 Å². The molecular formula is C64H73N11O20S2. The van der Waals surface area contributed by atoms with E-state index in [-0.39, 0.29) is 41.4 Å². The molecule has 31 nitrogen and oxygen atoms in total. The molecule has 0 aliphatic rings. The van der Waals surface area contributed by atoms with Crippen molar-refractivity contribution < 1.29 is 97.8 Å². The van der Waals surface area contributed by atoms with Crippen LogP contribution in [0.2, 0.25) is 0 Å². The number of hydrogen-bond donors (Lipinski definition) is 19. The number of benzene rings is 6. The summed E-state index contributed by atoms with van der Waals surface area (Å²) in [5.41, 5.74) is 6.58. The molecule has 0 radical (unpaired) electrons. The van der Waals surface area contributed by atoms with E-state index >= 15 is 0 Å². The van der Waals surface area contributed by atoms with Crippen LogP contribution < -0.4 is 58.9 Å². The van der Waals surface area contributed by atoms with Crippen molar-refractivity contribution in [3.63, 3.8) is 0 Å². The number of carbonyl (C=O) groups is 14. The summed E-state index contributed by atoms with van der Waals surface area (Å²) in [5, 5.41) is 87.7. The van der Waals surface area contributed by atoms with Crippen molar-refractivity contribution in [2.24, 2.45) is 11.7 Å². The minimum absolute atomic E-state index is 0.143. The molecule has 11 amide bonds. The quantitative estimate of drug-likeness (QED) is 0.0148. The lowest BCUT2D eigenvalue weighted by atomic mass is 9.91. The number of aliphatic hydroxyl groups excluding tert-OH is 1. The minimum Gasteiger partial charge on any atom is -0.508 e. The van der Waals surface area contributed by atoms with Gasteiger partial charge >= 0.3 is 17.9 Å². The van der Waals surface area contributed by atoms with E-state index in [0.29, 0.717) is 11.1 Å². The highest BCUT2D eigenvalue weighted by molar-refractivity contribution is 7.80. The molecule has 6 aromatic carbocycles. The smallest absolute Gasteiger partial charge is 0.305 e. The maximum Gasteiger partial charge on any atom is 0.305 e. The van der Waals surface area contributed by atoms with Gasteiger partial charge in [-0.25, -0.2) is 0 Å². The molecule has 33 heteroatoms. The molecule has 0 saturated carbocycles. The molecule has 18 N–H and O–H groups in total. The summed E-state index contributed by atoms with van der Waals surface area (Å²) in [7, 11) is 0. The number of nitrogens with two attached hydrogens (primary N) is 1. The Morgan fingerprint density at radius 3 is 1.29 bits per heavy atom. The van der Waals surface area contributed by atoms with Gasteiger partial charge in [-0.05, 0) is 79.2 Å². The fraction of sp³-hybridized carbons (Fsp3) is 0.344. The molecule has 6 aromatic rings. The van der Waals surface area contributed by atoms with Gasteiger partial charge < -0.3 is 89.5 Å². The first-order valence-electron chi connectivity index (χ1n) is 30.0. The van der Waals surface area contributed by atoms with Gasteiger partial charge in [-0.15, -0.1) is 0 Å². The van der Waals surface area contributed by atoms with Gasteiger partial charge in [0.15, 0.2) is 0 Å². The summed E-state index contributed by atoms with van der Waals surface area (Å²) in [6.45, 7) is 0.703. The number of thiol groups is 2. The van der Waals surface area contributed by atoms with Crippen molar-refractivity contribution in [2.45, 2.75) is 107 Å². The second-order valence-electron chi connectivity index (χ2n) is 22.8. The first-order chi connectivity index (χ1) is 46.0. The number of primary amides is 1. The van der Waals surface area contributed by atoms with Crippen LogP contribution in [-0.4, -0.2) is 193 Å². The number of rotatable bonds is 36. The highest BCUT2D eigenvalue weighted by atomic mass is 32.1. The first-order valence-corrected chi connectivity index (χ1v) is 31.2. The van der Waals surface area contributed by atoms with Crippen LogP contribution in [0, 0.1) is 5.92 Å². The SMILES string of the molecule is CC(C)[C@H](NC(=O)[C@H](CS)NC(=O)Cc1ccc2ccc3cccc4ccc1c2c34)C(=O)N[C@@H](CC(=O)O)C(=O)N[C@@H](Cc1ccc(O)cc1)C(=O)N[C@@H](CC(=O)O)C(=O)NCC(=O)N[C@@H](CC(=O)O)C(=O)N[C@@H](CO)C(=O)N[C@@H](Cc1ccc(O)cc1)C(=O)N[C@@H](CS)C(N)=O. The predicted octanol–water partition coefficient (Wildman–Crippen LogP) is -2.08. The molecular weight excluding hydrogens is 1310 g/mol. The Bertz CT molecular complexity index is 3920. The largest absolute Gasteiger partial charge is 0.508 e. The zero-order chi connectivity index (χ0) is 71.4. The average Bonchev–Trinajstić information content (AvgIpc) is 0.742. The predicted molar refractivity (Wildman–Crippen MR) is 353 cm³/mol. The van der Waals surface area contributed by atoms with Gasteiger partial charge in [0.1, 0.15) is 65.9 Å². The maximum absolute atomic E-state index is 14.2. The van der Waals surface area contributed by atoms with Gasteiger partial charge in [-0.2, -0.15) is 25.3 Å². The summed E-state index contributed by atoms with van der Waals surface area (Å²) in [6.07, 6.45) is -4.46. The highest BCUT2D eigenvalue weighted by Gasteiger charge is 2.37. The summed E-state index contributed by atoms with van der Waals surface area (Å²) < 4.78 is 0. The number of amides is 11. The van der Waals surface area contributed by atoms with E-state index in [1.807, 2.05) is 70.5 Å². The normalized spacial score (nSPS) is 14.0. The number of nitrogens with one attached hydrogen (secondary N) is 10. The Balaban J connectivity index is 1.11. The van der Waals surface area contributed by atoms with Gasteiger partial charge in [0.25, 0.3) is 0 Å². The van der Waals surface area contributed by atoms with E-state index in [9.17, 15) is 97.8 Å². The molecule has 0 unspecified atom stereocenters. The summed E-state index contributed by atoms with van der Waals surface area (Å²) >= 11 is 8.26. The van der Waals surface area contributed by atoms with Gasteiger partial charge in [0.05, 0.1) is 38.8 Å². The van der Waals surface area contributed by atoms with Crippen molar-refractivity contribution in [1.82, 2.24) is 53.2 Å². The third kappa shape index (κ3) is 21.6. The topological polar surface area (TPSA) is 507 Å². The van der Waals surface area contributed by atoms with Crippen LogP contribution in [0.1, 0.15) is 49.8 Å². The Morgan fingerprint density at radius 1 is 0.423 bits per heavy atom. The summed E-state index contributed by atoms with van der Waals surface area (Å²) in [5.74, 6) is -19.1. The number of carbonyl (C=O) groups excluding carboxylic acids is 11. The number of carboxylic acids is 3. The van der Waals surface area contributed by atoms with Crippen LogP contribution >= 0.6 is 25.3 Å². The van der Waals surface area contributed by atoms with Crippen molar-refractivity contribution in [3.05, 3.63) is 120 Å². The molecule has 0 fully saturated rings. The Morgan fingerprint density at radius 2 is 0.814 bits per heavy atom. The number of phenols is 2. The molecule has 516 valence electrons. The van der Waals surface area contributed by atoms with Crippen molar-refractivity contribution in [2.75, 3.05) is 24.7 Å². The van der Waals surface area contributed by atoms with E-state index in [1.54, 1.807) is 0 Å². The number of aliphatic carboxylic acids is 3. The number of aliphatic hydroxyl groups is 1. The average molecular weight is 1380 g/mol. The fourth-order valence-corrected chi connectivity index (χ4v) is 10.7. The zero-order valence-electron chi connectivity index (χ0n) is 52.0. The van der Waals surface area contributed by atoms with Crippen LogP contribution in [0.4, 0.5) is 0 Å². The zero-order valence-corrected chi connectivity index (χ0v) is 53.8. The first kappa shape index (κ1) is 75.2. The fourth-order valence-electron chi connectivity index (χ4n) is 10.2. The third-order valence-electron chi connectivity index (χ3n) is 15.2. The molecule has 0 saturated heterocycles. The molecule has 0 heterocycles. The molecule has 0 aliphatic carbocycles. The molecule has 0 spiro atoms. The highest BCUT2D eigenvalue weighted by Crippen LogP contribution is 2.36. The lowest BCUT2D eigenvalue weighted by Gasteiger charge is -2.28. The van der Waals surface area contributed by atoms with Crippen molar-refractivity contribution >= 4 is 140 Å². The van der Waals surface area contributed by atoms with Crippen LogP contribution in [0.5, 0.6) is 11.5 Å². The van der Waals surface area contributed by atoms with Gasteiger partial charge in [0.2, 0.25) is 65.0 Å². The van der Waals surface area contributed by atoms with E-state index in [0.717, 1.165) is 32.3 Å². The van der Waals surface area contributed by atoms with Gasteiger partial charge in [0, 0.05) is 24.3 Å². The lowest BCUT2D eigenvalue weighted by Crippen LogP contribution is -2.61. The molecule has 0 bridgehead atoms. The van der Waals surface area contributed by atoms with E-state index in [2.05, 4.69) is 62.5 Å². The second kappa shape index (κ2) is 35.1. The Hall–Kier alpha value is -10.8. The molecule has 0 aromatic heterocycles. The van der Waals surface area contributed by atoms with E-state index in [4.69, 9.17) is 5.73 Å². The molecule has 0 aliphatic heterocycles. The van der Waals surface area contributed by atoms with Crippen LogP contribution in [-0.2, 0) is 86.4 Å². The number of hydrogen-bond acceptors (Lipinski definition) is 19. The second-order valence-corrected chi connectivity index (χ2v) is 23.5. The van der Waals surface area contributed by atoms with Crippen molar-refractivity contribution in [3.8, 4) is 11.5 Å². The molecule has 6 rings (SSSR count). The van der Waals surface area contributed by atoms with E-state index in [1.165, 1.54) is 62.4 Å².